The first-order chi connectivity index (χ1) is 5.92. The molecule has 0 radical (unpaired) electrons. The van der Waals surface area contributed by atoms with E-state index in [1.165, 1.54) is 38.6 Å². The smallest absolute Gasteiger partial charge is 0.00179 e. The molecule has 1 N–H and O–H groups in total. The van der Waals surface area contributed by atoms with Gasteiger partial charge in [-0.25, -0.2) is 0 Å². The summed E-state index contributed by atoms with van der Waals surface area (Å²) in [5, 5.41) is 3.50. The number of hydrogen-bond donors (Lipinski definition) is 1. The van der Waals surface area contributed by atoms with E-state index in [9.17, 15) is 0 Å². The van der Waals surface area contributed by atoms with Crippen LogP contribution in [0.2, 0.25) is 0 Å². The lowest BCUT2D eigenvalue weighted by Crippen LogP contribution is -2.25. The zero-order valence-corrected chi connectivity index (χ0v) is 8.18. The molecule has 1 nitrogen and oxygen atoms in total. The molecule has 70 valence electrons. The minimum absolute atomic E-state index is 1.03. The Kier molecular flexibility index (Phi) is 2.69. The van der Waals surface area contributed by atoms with E-state index in [2.05, 4.69) is 12.2 Å². The normalized spacial score (nSPS) is 35.8. The maximum absolute atomic E-state index is 3.50. The van der Waals surface area contributed by atoms with Crippen LogP contribution in [-0.4, -0.2) is 13.1 Å². The average Bonchev–Trinajstić information content (AvgIpc) is 2.83. The van der Waals surface area contributed by atoms with Crippen LogP contribution in [0.15, 0.2) is 0 Å². The standard InChI is InChI=1S/C11H21N/c1-2-12-8-10-4-3-5-11(10)9-6-7-9/h9-12H,2-8H2,1H3. The summed E-state index contributed by atoms with van der Waals surface area (Å²) in [4.78, 5) is 0. The van der Waals surface area contributed by atoms with Crippen LogP contribution < -0.4 is 5.32 Å². The maximum Gasteiger partial charge on any atom is -0.00179 e. The van der Waals surface area contributed by atoms with Gasteiger partial charge in [0.1, 0.15) is 0 Å². The van der Waals surface area contributed by atoms with E-state index in [1.54, 1.807) is 0 Å². The molecule has 0 saturated heterocycles. The van der Waals surface area contributed by atoms with Gasteiger partial charge in [-0.1, -0.05) is 13.3 Å². The summed E-state index contributed by atoms with van der Waals surface area (Å²) in [6, 6.07) is 0. The highest BCUT2D eigenvalue weighted by Gasteiger charge is 2.38. The van der Waals surface area contributed by atoms with Crippen LogP contribution in [0.4, 0.5) is 0 Å². The Balaban J connectivity index is 1.78. The molecule has 2 aliphatic rings. The van der Waals surface area contributed by atoms with Gasteiger partial charge in [0, 0.05) is 0 Å². The van der Waals surface area contributed by atoms with Crippen molar-refractivity contribution in [2.75, 3.05) is 13.1 Å². The first-order valence-corrected chi connectivity index (χ1v) is 5.62. The Labute approximate surface area is 75.9 Å². The lowest BCUT2D eigenvalue weighted by molar-refractivity contribution is 0.333. The molecule has 2 aliphatic carbocycles. The highest BCUT2D eigenvalue weighted by atomic mass is 14.8. The van der Waals surface area contributed by atoms with Crippen LogP contribution in [0.3, 0.4) is 0 Å². The van der Waals surface area contributed by atoms with Gasteiger partial charge in [-0.15, -0.1) is 0 Å². The summed E-state index contributed by atoms with van der Waals surface area (Å²) in [5.74, 6) is 3.26. The quantitative estimate of drug-likeness (QED) is 0.678. The molecule has 0 aromatic rings. The maximum atomic E-state index is 3.50. The predicted octanol–water partition coefficient (Wildman–Crippen LogP) is 2.42. The van der Waals surface area contributed by atoms with E-state index in [0.717, 1.165) is 24.3 Å². The number of rotatable bonds is 4. The fourth-order valence-electron chi connectivity index (χ4n) is 2.79. The third-order valence-electron chi connectivity index (χ3n) is 3.60. The summed E-state index contributed by atoms with van der Waals surface area (Å²) in [7, 11) is 0. The van der Waals surface area contributed by atoms with Crippen molar-refractivity contribution in [3.05, 3.63) is 0 Å². The summed E-state index contributed by atoms with van der Waals surface area (Å²) in [6.07, 6.45) is 7.59. The minimum Gasteiger partial charge on any atom is -0.317 e. The van der Waals surface area contributed by atoms with Crippen molar-refractivity contribution in [3.8, 4) is 0 Å². The molecule has 2 fully saturated rings. The molecule has 0 spiro atoms. The molecule has 2 saturated carbocycles. The molecule has 12 heavy (non-hydrogen) atoms. The van der Waals surface area contributed by atoms with Crippen molar-refractivity contribution in [1.29, 1.82) is 0 Å². The molecule has 2 unspecified atom stereocenters. The largest absolute Gasteiger partial charge is 0.317 e. The van der Waals surface area contributed by atoms with Crippen molar-refractivity contribution < 1.29 is 0 Å². The van der Waals surface area contributed by atoms with Crippen LogP contribution in [0.25, 0.3) is 0 Å². The molecule has 2 rings (SSSR count). The van der Waals surface area contributed by atoms with E-state index in [4.69, 9.17) is 0 Å². The van der Waals surface area contributed by atoms with Crippen molar-refractivity contribution in [2.24, 2.45) is 17.8 Å². The van der Waals surface area contributed by atoms with E-state index >= 15 is 0 Å². The Morgan fingerprint density at radius 1 is 1.17 bits per heavy atom. The summed E-state index contributed by atoms with van der Waals surface area (Å²) >= 11 is 0. The Morgan fingerprint density at radius 2 is 2.00 bits per heavy atom. The Bertz CT molecular complexity index is 140. The molecule has 2 atom stereocenters. The van der Waals surface area contributed by atoms with Crippen LogP contribution in [-0.2, 0) is 0 Å². The van der Waals surface area contributed by atoms with E-state index < -0.39 is 0 Å². The summed E-state index contributed by atoms with van der Waals surface area (Å²) < 4.78 is 0. The van der Waals surface area contributed by atoms with Gasteiger partial charge >= 0.3 is 0 Å². The van der Waals surface area contributed by atoms with Crippen molar-refractivity contribution in [2.45, 2.75) is 39.0 Å². The lowest BCUT2D eigenvalue weighted by atomic mass is 9.91. The third kappa shape index (κ3) is 1.82. The Morgan fingerprint density at radius 3 is 2.67 bits per heavy atom. The monoisotopic (exact) mass is 167 g/mol. The zero-order valence-electron chi connectivity index (χ0n) is 8.18. The second-order valence-electron chi connectivity index (χ2n) is 4.50. The average molecular weight is 167 g/mol. The van der Waals surface area contributed by atoms with Gasteiger partial charge in [0.25, 0.3) is 0 Å². The first-order valence-electron chi connectivity index (χ1n) is 5.62. The van der Waals surface area contributed by atoms with Gasteiger partial charge in [0.2, 0.25) is 0 Å². The first kappa shape index (κ1) is 8.55. The zero-order chi connectivity index (χ0) is 8.39. The fourth-order valence-corrected chi connectivity index (χ4v) is 2.79. The minimum atomic E-state index is 1.03. The van der Waals surface area contributed by atoms with Gasteiger partial charge in [0.15, 0.2) is 0 Å². The van der Waals surface area contributed by atoms with Crippen LogP contribution in [0.5, 0.6) is 0 Å². The third-order valence-corrected chi connectivity index (χ3v) is 3.60. The molecule has 0 aromatic carbocycles. The van der Waals surface area contributed by atoms with Gasteiger partial charge in [0.05, 0.1) is 0 Å². The van der Waals surface area contributed by atoms with Gasteiger partial charge in [-0.3, -0.25) is 0 Å². The highest BCUT2D eigenvalue weighted by molar-refractivity contribution is 4.90. The van der Waals surface area contributed by atoms with Crippen molar-refractivity contribution in [3.63, 3.8) is 0 Å². The lowest BCUT2D eigenvalue weighted by Gasteiger charge is -2.18. The van der Waals surface area contributed by atoms with Crippen molar-refractivity contribution >= 4 is 0 Å². The summed E-state index contributed by atoms with van der Waals surface area (Å²) in [5.41, 5.74) is 0. The number of nitrogens with one attached hydrogen (secondary N) is 1. The highest BCUT2D eigenvalue weighted by Crippen LogP contribution is 2.47. The van der Waals surface area contributed by atoms with E-state index in [1.807, 2.05) is 0 Å². The molecule has 0 aromatic heterocycles. The second-order valence-corrected chi connectivity index (χ2v) is 4.50. The molecule has 0 amide bonds. The van der Waals surface area contributed by atoms with E-state index in [0.29, 0.717) is 0 Å². The van der Waals surface area contributed by atoms with Gasteiger partial charge in [-0.2, -0.15) is 0 Å². The molecule has 0 heterocycles. The molecular weight excluding hydrogens is 146 g/mol. The predicted molar refractivity (Wildman–Crippen MR) is 52.1 cm³/mol. The van der Waals surface area contributed by atoms with Gasteiger partial charge < -0.3 is 5.32 Å². The number of hydrogen-bond acceptors (Lipinski definition) is 1. The molecule has 0 bridgehead atoms. The van der Waals surface area contributed by atoms with Crippen LogP contribution >= 0.6 is 0 Å². The van der Waals surface area contributed by atoms with E-state index in [-0.39, 0.29) is 0 Å². The summed E-state index contributed by atoms with van der Waals surface area (Å²) in [6.45, 7) is 4.65. The Hall–Kier alpha value is -0.0400. The molecule has 1 heteroatoms. The van der Waals surface area contributed by atoms with Crippen LogP contribution in [0, 0.1) is 17.8 Å². The van der Waals surface area contributed by atoms with Crippen molar-refractivity contribution in [1.82, 2.24) is 5.32 Å². The SMILES string of the molecule is CCNCC1CCCC1C1CC1. The van der Waals surface area contributed by atoms with Crippen LogP contribution in [0.1, 0.15) is 39.0 Å². The topological polar surface area (TPSA) is 12.0 Å². The van der Waals surface area contributed by atoms with Gasteiger partial charge in [-0.05, 0) is 56.5 Å². The second kappa shape index (κ2) is 3.78. The fraction of sp³-hybridized carbons (Fsp3) is 1.00. The molecular formula is C11H21N. The molecule has 0 aliphatic heterocycles.